The number of nitrogens with one attached hydrogen (secondary N) is 1. The lowest BCUT2D eigenvalue weighted by atomic mass is 10.1. The molecule has 8 heteroatoms. The molecule has 2 heterocycles. The number of benzene rings is 1. The van der Waals surface area contributed by atoms with Gasteiger partial charge < -0.3 is 15.5 Å². The number of rotatable bonds is 6. The zero-order valence-corrected chi connectivity index (χ0v) is 13.5. The third-order valence-electron chi connectivity index (χ3n) is 3.60. The second-order valence-electron chi connectivity index (χ2n) is 5.45. The first-order chi connectivity index (χ1) is 12.1. The van der Waals surface area contributed by atoms with E-state index in [4.69, 9.17) is 10.2 Å². The maximum absolute atomic E-state index is 11.0. The molecule has 0 amide bonds. The summed E-state index contributed by atoms with van der Waals surface area (Å²) in [4.78, 5) is 19.7. The van der Waals surface area contributed by atoms with Gasteiger partial charge in [-0.3, -0.25) is 4.68 Å². The minimum Gasteiger partial charge on any atom is -0.478 e. The first-order valence-corrected chi connectivity index (χ1v) is 7.64. The molecule has 0 saturated heterocycles. The largest absolute Gasteiger partial charge is 0.478 e. The Bertz CT molecular complexity index is 890. The molecule has 0 unspecified atom stereocenters. The fourth-order valence-electron chi connectivity index (χ4n) is 2.35. The van der Waals surface area contributed by atoms with Crippen LogP contribution in [0.1, 0.15) is 15.9 Å². The van der Waals surface area contributed by atoms with Crippen molar-refractivity contribution in [3.8, 4) is 11.3 Å². The predicted molar refractivity (Wildman–Crippen MR) is 91.8 cm³/mol. The number of carboxylic acid groups (broad SMARTS) is 1. The number of aliphatic hydroxyl groups excluding tert-OH is 1. The number of hydrogen-bond donors (Lipinski definition) is 3. The molecule has 3 aromatic rings. The average molecular weight is 339 g/mol. The van der Waals surface area contributed by atoms with Gasteiger partial charge in [-0.1, -0.05) is 12.1 Å². The van der Waals surface area contributed by atoms with Crippen molar-refractivity contribution < 1.29 is 15.0 Å². The minimum atomic E-state index is -0.965. The lowest BCUT2D eigenvalue weighted by Crippen LogP contribution is -2.02. The van der Waals surface area contributed by atoms with Crippen LogP contribution < -0.4 is 5.32 Å². The standard InChI is InChI=1S/C17H17N5O3/c1-11-8-18-17(20-14-9-19-22(10-14)6-7-23)21-15(11)12-2-4-13(5-3-12)16(24)25/h2-5,8-10,23H,6-7H2,1H3,(H,24,25)(H,18,20,21). The molecule has 3 rings (SSSR count). The molecule has 3 N–H and O–H groups in total. The third-order valence-corrected chi connectivity index (χ3v) is 3.60. The lowest BCUT2D eigenvalue weighted by Gasteiger charge is -2.08. The van der Waals surface area contributed by atoms with E-state index in [-0.39, 0.29) is 12.2 Å². The maximum Gasteiger partial charge on any atom is 0.335 e. The molecule has 128 valence electrons. The molecule has 0 atom stereocenters. The van der Waals surface area contributed by atoms with Crippen LogP contribution in [0.15, 0.2) is 42.9 Å². The van der Waals surface area contributed by atoms with E-state index < -0.39 is 5.97 Å². The highest BCUT2D eigenvalue weighted by molar-refractivity contribution is 5.88. The van der Waals surface area contributed by atoms with Gasteiger partial charge in [0.1, 0.15) is 0 Å². The van der Waals surface area contributed by atoms with E-state index in [1.807, 2.05) is 6.92 Å². The van der Waals surface area contributed by atoms with Gasteiger partial charge in [0.2, 0.25) is 5.95 Å². The van der Waals surface area contributed by atoms with E-state index in [2.05, 4.69) is 20.4 Å². The van der Waals surface area contributed by atoms with Gasteiger partial charge in [-0.25, -0.2) is 14.8 Å². The van der Waals surface area contributed by atoms with Crippen molar-refractivity contribution in [1.29, 1.82) is 0 Å². The Kier molecular flexibility index (Phi) is 4.71. The van der Waals surface area contributed by atoms with Crippen LogP contribution >= 0.6 is 0 Å². The monoisotopic (exact) mass is 339 g/mol. The molecule has 2 aromatic heterocycles. The van der Waals surface area contributed by atoms with Crippen molar-refractivity contribution in [2.75, 3.05) is 11.9 Å². The summed E-state index contributed by atoms with van der Waals surface area (Å²) in [6, 6.07) is 6.54. The Morgan fingerprint density at radius 1 is 1.24 bits per heavy atom. The van der Waals surface area contributed by atoms with Gasteiger partial charge in [0, 0.05) is 18.0 Å². The average Bonchev–Trinajstić information content (AvgIpc) is 3.04. The minimum absolute atomic E-state index is 0.0125. The summed E-state index contributed by atoms with van der Waals surface area (Å²) in [5.41, 5.74) is 3.35. The number of hydrogen-bond acceptors (Lipinski definition) is 6. The number of aromatic carboxylic acids is 1. The van der Waals surface area contributed by atoms with E-state index >= 15 is 0 Å². The quantitative estimate of drug-likeness (QED) is 0.630. The van der Waals surface area contributed by atoms with Crippen LogP contribution in [-0.4, -0.2) is 42.5 Å². The topological polar surface area (TPSA) is 113 Å². The van der Waals surface area contributed by atoms with Gasteiger partial charge in [-0.2, -0.15) is 5.10 Å². The molecular formula is C17H17N5O3. The number of carbonyl (C=O) groups is 1. The van der Waals surface area contributed by atoms with Gasteiger partial charge in [0.05, 0.1) is 36.3 Å². The van der Waals surface area contributed by atoms with Crippen LogP contribution in [0.4, 0.5) is 11.6 Å². The Balaban J connectivity index is 1.85. The number of aryl methyl sites for hydroxylation is 1. The highest BCUT2D eigenvalue weighted by Crippen LogP contribution is 2.23. The molecule has 0 bridgehead atoms. The van der Waals surface area contributed by atoms with Crippen molar-refractivity contribution in [3.05, 3.63) is 54.0 Å². The fraction of sp³-hybridized carbons (Fsp3) is 0.176. The summed E-state index contributed by atoms with van der Waals surface area (Å²) >= 11 is 0. The Morgan fingerprint density at radius 2 is 2.00 bits per heavy atom. The molecule has 1 aromatic carbocycles. The van der Waals surface area contributed by atoms with Gasteiger partial charge in [0.25, 0.3) is 0 Å². The van der Waals surface area contributed by atoms with Gasteiger partial charge in [0.15, 0.2) is 0 Å². The van der Waals surface area contributed by atoms with Gasteiger partial charge in [-0.05, 0) is 24.6 Å². The van der Waals surface area contributed by atoms with Crippen molar-refractivity contribution >= 4 is 17.6 Å². The molecule has 0 aliphatic rings. The van der Waals surface area contributed by atoms with Crippen LogP contribution in [0.5, 0.6) is 0 Å². The van der Waals surface area contributed by atoms with Crippen molar-refractivity contribution in [3.63, 3.8) is 0 Å². The number of nitrogens with zero attached hydrogens (tertiary/aromatic N) is 4. The van der Waals surface area contributed by atoms with E-state index in [9.17, 15) is 4.79 Å². The molecular weight excluding hydrogens is 322 g/mol. The normalized spacial score (nSPS) is 10.6. The molecule has 0 spiro atoms. The zero-order valence-electron chi connectivity index (χ0n) is 13.5. The Morgan fingerprint density at radius 3 is 2.68 bits per heavy atom. The highest BCUT2D eigenvalue weighted by atomic mass is 16.4. The molecule has 0 radical (unpaired) electrons. The summed E-state index contributed by atoms with van der Waals surface area (Å²) in [5.74, 6) is -0.556. The van der Waals surface area contributed by atoms with Crippen LogP contribution in [0.3, 0.4) is 0 Å². The Labute approximate surface area is 143 Å². The van der Waals surface area contributed by atoms with Crippen molar-refractivity contribution in [1.82, 2.24) is 19.7 Å². The summed E-state index contributed by atoms with van der Waals surface area (Å²) in [6.07, 6.45) is 5.08. The highest BCUT2D eigenvalue weighted by Gasteiger charge is 2.09. The van der Waals surface area contributed by atoms with E-state index in [0.29, 0.717) is 18.2 Å². The summed E-state index contributed by atoms with van der Waals surface area (Å²) in [6.45, 7) is 2.32. The number of carboxylic acids is 1. The molecule has 25 heavy (non-hydrogen) atoms. The van der Waals surface area contributed by atoms with Gasteiger partial charge in [-0.15, -0.1) is 0 Å². The molecule has 8 nitrogen and oxygen atoms in total. The van der Waals surface area contributed by atoms with Crippen LogP contribution in [-0.2, 0) is 6.54 Å². The summed E-state index contributed by atoms with van der Waals surface area (Å²) < 4.78 is 1.61. The number of aliphatic hydroxyl groups is 1. The van der Waals surface area contributed by atoms with Crippen molar-refractivity contribution in [2.45, 2.75) is 13.5 Å². The molecule has 0 fully saturated rings. The lowest BCUT2D eigenvalue weighted by molar-refractivity contribution is 0.0697. The second kappa shape index (κ2) is 7.10. The van der Waals surface area contributed by atoms with Crippen LogP contribution in [0, 0.1) is 6.92 Å². The first-order valence-electron chi connectivity index (χ1n) is 7.64. The van der Waals surface area contributed by atoms with Gasteiger partial charge >= 0.3 is 5.97 Å². The second-order valence-corrected chi connectivity index (χ2v) is 5.45. The summed E-state index contributed by atoms with van der Waals surface area (Å²) in [7, 11) is 0. The van der Waals surface area contributed by atoms with Crippen LogP contribution in [0.2, 0.25) is 0 Å². The first kappa shape index (κ1) is 16.6. The van der Waals surface area contributed by atoms with E-state index in [1.54, 1.807) is 47.5 Å². The van der Waals surface area contributed by atoms with E-state index in [0.717, 1.165) is 16.8 Å². The molecule has 0 aliphatic heterocycles. The SMILES string of the molecule is Cc1cnc(Nc2cnn(CCO)c2)nc1-c1ccc(C(=O)O)cc1. The van der Waals surface area contributed by atoms with Crippen molar-refractivity contribution in [2.24, 2.45) is 0 Å². The molecule has 0 saturated carbocycles. The zero-order chi connectivity index (χ0) is 17.8. The molecule has 0 aliphatic carbocycles. The smallest absolute Gasteiger partial charge is 0.335 e. The number of anilines is 2. The number of aromatic nitrogens is 4. The summed E-state index contributed by atoms with van der Waals surface area (Å²) in [5, 5.41) is 25.1. The maximum atomic E-state index is 11.0. The van der Waals surface area contributed by atoms with E-state index in [1.165, 1.54) is 0 Å². The Hall–Kier alpha value is -3.26. The third kappa shape index (κ3) is 3.81. The predicted octanol–water partition coefficient (Wildman–Crippen LogP) is 2.08. The van der Waals surface area contributed by atoms with Crippen LogP contribution in [0.25, 0.3) is 11.3 Å². The fourth-order valence-corrected chi connectivity index (χ4v) is 2.35.